The first kappa shape index (κ1) is 19.3. The van der Waals surface area contributed by atoms with E-state index in [1.807, 2.05) is 37.4 Å². The molecule has 0 aliphatic carbocycles. The molecule has 0 saturated carbocycles. The van der Waals surface area contributed by atoms with Crippen LogP contribution in [0.5, 0.6) is 5.75 Å². The Kier molecular flexibility index (Phi) is 6.60. The van der Waals surface area contributed by atoms with E-state index in [1.165, 1.54) is 4.90 Å². The van der Waals surface area contributed by atoms with E-state index in [1.54, 1.807) is 32.1 Å². The van der Waals surface area contributed by atoms with E-state index >= 15 is 0 Å². The molecule has 0 saturated heterocycles. The third-order valence-corrected chi connectivity index (χ3v) is 4.07. The second-order valence-electron chi connectivity index (χ2n) is 5.91. The quantitative estimate of drug-likeness (QED) is 0.788. The fraction of sp³-hybridized carbons (Fsp3) is 0.389. The summed E-state index contributed by atoms with van der Waals surface area (Å²) in [5.41, 5.74) is 1.69. The third kappa shape index (κ3) is 4.75. The van der Waals surface area contributed by atoms with Crippen molar-refractivity contribution in [1.82, 2.24) is 25.3 Å². The highest BCUT2D eigenvalue weighted by Crippen LogP contribution is 2.23. The van der Waals surface area contributed by atoms with E-state index in [9.17, 15) is 9.59 Å². The van der Waals surface area contributed by atoms with Crippen LogP contribution in [-0.4, -0.2) is 54.4 Å². The summed E-state index contributed by atoms with van der Waals surface area (Å²) in [5, 5.41) is 9.79. The molecule has 3 amide bonds. The summed E-state index contributed by atoms with van der Waals surface area (Å²) in [6.45, 7) is 2.23. The molecule has 0 aliphatic heterocycles. The maximum atomic E-state index is 12.2. The number of aromatic nitrogens is 2. The SMILES string of the molecule is CNC(=O)CCN(C)C(=O)NC(C)c1cnn(-c2ccccc2OC)c1. The topological polar surface area (TPSA) is 88.5 Å². The summed E-state index contributed by atoms with van der Waals surface area (Å²) in [5.74, 6) is 0.614. The maximum Gasteiger partial charge on any atom is 0.317 e. The van der Waals surface area contributed by atoms with Crippen LogP contribution in [0.1, 0.15) is 24.9 Å². The average molecular weight is 359 g/mol. The largest absolute Gasteiger partial charge is 0.494 e. The van der Waals surface area contributed by atoms with Crippen LogP contribution in [0.3, 0.4) is 0 Å². The summed E-state index contributed by atoms with van der Waals surface area (Å²) in [4.78, 5) is 25.0. The van der Waals surface area contributed by atoms with Crippen molar-refractivity contribution in [3.63, 3.8) is 0 Å². The molecule has 1 heterocycles. The Balaban J connectivity index is 2.00. The normalized spacial score (nSPS) is 11.5. The van der Waals surface area contributed by atoms with Crippen molar-refractivity contribution in [1.29, 1.82) is 0 Å². The Bertz CT molecular complexity index is 759. The van der Waals surface area contributed by atoms with Gasteiger partial charge in [0.2, 0.25) is 5.91 Å². The van der Waals surface area contributed by atoms with Crippen LogP contribution in [0.2, 0.25) is 0 Å². The molecule has 140 valence electrons. The molecular weight excluding hydrogens is 334 g/mol. The van der Waals surface area contributed by atoms with Crippen LogP contribution in [0.4, 0.5) is 4.79 Å². The number of ether oxygens (including phenoxy) is 1. The highest BCUT2D eigenvalue weighted by atomic mass is 16.5. The minimum atomic E-state index is -0.244. The minimum absolute atomic E-state index is 0.101. The number of rotatable bonds is 7. The Hall–Kier alpha value is -3.03. The fourth-order valence-corrected chi connectivity index (χ4v) is 2.39. The second-order valence-corrected chi connectivity index (χ2v) is 5.91. The summed E-state index contributed by atoms with van der Waals surface area (Å²) in [6.07, 6.45) is 3.83. The van der Waals surface area contributed by atoms with Crippen LogP contribution in [-0.2, 0) is 4.79 Å². The van der Waals surface area contributed by atoms with Gasteiger partial charge in [-0.1, -0.05) is 12.1 Å². The molecular formula is C18H25N5O3. The van der Waals surface area contributed by atoms with Gasteiger partial charge in [0.25, 0.3) is 0 Å². The van der Waals surface area contributed by atoms with Crippen molar-refractivity contribution in [3.05, 3.63) is 42.2 Å². The molecule has 2 N–H and O–H groups in total. The smallest absolute Gasteiger partial charge is 0.317 e. The van der Waals surface area contributed by atoms with E-state index < -0.39 is 0 Å². The van der Waals surface area contributed by atoms with Gasteiger partial charge in [0.05, 0.1) is 19.3 Å². The highest BCUT2D eigenvalue weighted by molar-refractivity contribution is 5.78. The first-order valence-corrected chi connectivity index (χ1v) is 8.36. The number of urea groups is 1. The first-order chi connectivity index (χ1) is 12.5. The van der Waals surface area contributed by atoms with Crippen molar-refractivity contribution >= 4 is 11.9 Å². The van der Waals surface area contributed by atoms with Crippen molar-refractivity contribution in [3.8, 4) is 11.4 Å². The van der Waals surface area contributed by atoms with Gasteiger partial charge in [0.15, 0.2) is 0 Å². The van der Waals surface area contributed by atoms with Gasteiger partial charge in [0, 0.05) is 38.8 Å². The van der Waals surface area contributed by atoms with E-state index in [2.05, 4.69) is 15.7 Å². The van der Waals surface area contributed by atoms with E-state index in [-0.39, 0.29) is 24.4 Å². The molecule has 1 aromatic carbocycles. The van der Waals surface area contributed by atoms with Crippen molar-refractivity contribution in [2.75, 3.05) is 27.7 Å². The van der Waals surface area contributed by atoms with Gasteiger partial charge in [-0.2, -0.15) is 5.10 Å². The number of carbonyl (C=O) groups excluding carboxylic acids is 2. The zero-order valence-electron chi connectivity index (χ0n) is 15.5. The van der Waals surface area contributed by atoms with Crippen LogP contribution < -0.4 is 15.4 Å². The number of hydrogen-bond donors (Lipinski definition) is 2. The molecule has 0 fully saturated rings. The number of para-hydroxylation sites is 2. The number of nitrogens with zero attached hydrogens (tertiary/aromatic N) is 3. The summed E-state index contributed by atoms with van der Waals surface area (Å²) < 4.78 is 7.07. The lowest BCUT2D eigenvalue weighted by atomic mass is 10.2. The monoisotopic (exact) mass is 359 g/mol. The van der Waals surface area contributed by atoms with Gasteiger partial charge in [-0.05, 0) is 19.1 Å². The predicted molar refractivity (Wildman–Crippen MR) is 98.4 cm³/mol. The zero-order valence-corrected chi connectivity index (χ0v) is 15.5. The number of methoxy groups -OCH3 is 1. The van der Waals surface area contributed by atoms with Crippen molar-refractivity contribution in [2.24, 2.45) is 0 Å². The first-order valence-electron chi connectivity index (χ1n) is 8.36. The number of nitrogens with one attached hydrogen (secondary N) is 2. The van der Waals surface area contributed by atoms with E-state index in [0.29, 0.717) is 12.3 Å². The molecule has 8 nitrogen and oxygen atoms in total. The standard InChI is InChI=1S/C18H25N5O3/c1-13(21-18(25)22(3)10-9-17(24)19-2)14-11-20-23(12-14)15-7-5-6-8-16(15)26-4/h5-8,11-13H,9-10H2,1-4H3,(H,19,24)(H,21,25). The minimum Gasteiger partial charge on any atom is -0.494 e. The van der Waals surface area contributed by atoms with Gasteiger partial charge < -0.3 is 20.3 Å². The summed E-state index contributed by atoms with van der Waals surface area (Å²) in [6, 6.07) is 7.10. The Labute approximate surface area is 153 Å². The lowest BCUT2D eigenvalue weighted by molar-refractivity contribution is -0.120. The van der Waals surface area contributed by atoms with Gasteiger partial charge in [-0.25, -0.2) is 9.48 Å². The molecule has 2 rings (SSSR count). The molecule has 8 heteroatoms. The molecule has 1 unspecified atom stereocenters. The van der Waals surface area contributed by atoms with Crippen LogP contribution in [0.15, 0.2) is 36.7 Å². The average Bonchev–Trinajstić information content (AvgIpc) is 3.15. The van der Waals surface area contributed by atoms with Gasteiger partial charge >= 0.3 is 6.03 Å². The molecule has 0 aliphatic rings. The molecule has 26 heavy (non-hydrogen) atoms. The van der Waals surface area contributed by atoms with Gasteiger partial charge in [-0.3, -0.25) is 4.79 Å². The lowest BCUT2D eigenvalue weighted by Gasteiger charge is -2.20. The lowest BCUT2D eigenvalue weighted by Crippen LogP contribution is -2.40. The Morgan fingerprint density at radius 1 is 1.35 bits per heavy atom. The summed E-state index contributed by atoms with van der Waals surface area (Å²) >= 11 is 0. The second kappa shape index (κ2) is 8.89. The van der Waals surface area contributed by atoms with E-state index in [4.69, 9.17) is 4.74 Å². The molecule has 2 aromatic rings. The van der Waals surface area contributed by atoms with Gasteiger partial charge in [-0.15, -0.1) is 0 Å². The molecule has 0 radical (unpaired) electrons. The molecule has 1 atom stereocenters. The van der Waals surface area contributed by atoms with Crippen LogP contribution >= 0.6 is 0 Å². The molecule has 1 aromatic heterocycles. The highest BCUT2D eigenvalue weighted by Gasteiger charge is 2.16. The van der Waals surface area contributed by atoms with Gasteiger partial charge in [0.1, 0.15) is 11.4 Å². The van der Waals surface area contributed by atoms with Crippen molar-refractivity contribution < 1.29 is 14.3 Å². The molecule has 0 spiro atoms. The Morgan fingerprint density at radius 3 is 2.77 bits per heavy atom. The number of carbonyl (C=O) groups is 2. The van der Waals surface area contributed by atoms with Crippen LogP contribution in [0, 0.1) is 0 Å². The Morgan fingerprint density at radius 2 is 2.08 bits per heavy atom. The maximum absolute atomic E-state index is 12.2. The van der Waals surface area contributed by atoms with Crippen molar-refractivity contribution in [2.45, 2.75) is 19.4 Å². The number of amides is 3. The predicted octanol–water partition coefficient (Wildman–Crippen LogP) is 1.72. The van der Waals surface area contributed by atoms with E-state index in [0.717, 1.165) is 11.3 Å². The van der Waals surface area contributed by atoms with Crippen LogP contribution in [0.25, 0.3) is 5.69 Å². The zero-order chi connectivity index (χ0) is 19.1. The summed E-state index contributed by atoms with van der Waals surface area (Å²) in [7, 11) is 4.84. The number of benzene rings is 1. The molecule has 0 bridgehead atoms. The number of hydrogen-bond acceptors (Lipinski definition) is 4. The third-order valence-electron chi connectivity index (χ3n) is 4.07. The fourth-order valence-electron chi connectivity index (χ4n) is 2.39.